The molecule has 0 aromatic heterocycles. The van der Waals surface area contributed by atoms with E-state index in [1.165, 1.54) is 0 Å². The molecule has 5 heteroatoms. The molecule has 0 aliphatic heterocycles. The number of rotatable bonds is 8. The van der Waals surface area contributed by atoms with Crippen LogP contribution in [-0.2, 0) is 9.47 Å². The van der Waals surface area contributed by atoms with Crippen LogP contribution in [0.4, 0.5) is 5.69 Å². The quantitative estimate of drug-likeness (QED) is 0.738. The highest BCUT2D eigenvalue weighted by Gasteiger charge is 2.32. The SMILES string of the molecule is COc1ccccc1N(C)C(C)(CN)CC(OC)OC. The van der Waals surface area contributed by atoms with Crippen LogP contribution in [0.5, 0.6) is 5.75 Å². The zero-order valence-corrected chi connectivity index (χ0v) is 13.1. The van der Waals surface area contributed by atoms with Crippen molar-refractivity contribution in [3.63, 3.8) is 0 Å². The number of benzene rings is 1. The predicted molar refractivity (Wildman–Crippen MR) is 81.3 cm³/mol. The Kier molecular flexibility index (Phi) is 6.26. The van der Waals surface area contributed by atoms with Gasteiger partial charge in [0.05, 0.1) is 18.3 Å². The average Bonchev–Trinajstić information content (AvgIpc) is 2.51. The second-order valence-electron chi connectivity index (χ2n) is 5.04. The summed E-state index contributed by atoms with van der Waals surface area (Å²) in [5, 5.41) is 0. The summed E-state index contributed by atoms with van der Waals surface area (Å²) in [6.45, 7) is 2.56. The molecule has 1 atom stereocenters. The van der Waals surface area contributed by atoms with Crippen molar-refractivity contribution in [1.29, 1.82) is 0 Å². The lowest BCUT2D eigenvalue weighted by atomic mass is 9.94. The van der Waals surface area contributed by atoms with Gasteiger partial charge in [-0.25, -0.2) is 0 Å². The van der Waals surface area contributed by atoms with Gasteiger partial charge in [-0.05, 0) is 19.1 Å². The van der Waals surface area contributed by atoms with Crippen molar-refractivity contribution in [3.05, 3.63) is 24.3 Å². The fraction of sp³-hybridized carbons (Fsp3) is 0.600. The van der Waals surface area contributed by atoms with Crippen LogP contribution >= 0.6 is 0 Å². The van der Waals surface area contributed by atoms with Crippen LogP contribution in [0.3, 0.4) is 0 Å². The van der Waals surface area contributed by atoms with E-state index in [9.17, 15) is 0 Å². The van der Waals surface area contributed by atoms with Gasteiger partial charge in [0, 0.05) is 34.2 Å². The maximum Gasteiger partial charge on any atom is 0.159 e. The standard InChI is InChI=1S/C15H26N2O3/c1-15(11-16,10-14(19-4)20-5)17(2)12-8-6-7-9-13(12)18-3/h6-9,14H,10-11,16H2,1-5H3. The number of methoxy groups -OCH3 is 3. The van der Waals surface area contributed by atoms with Gasteiger partial charge in [-0.3, -0.25) is 0 Å². The van der Waals surface area contributed by atoms with Crippen LogP contribution in [0.2, 0.25) is 0 Å². The molecular weight excluding hydrogens is 256 g/mol. The van der Waals surface area contributed by atoms with Gasteiger partial charge in [0.2, 0.25) is 0 Å². The first kappa shape index (κ1) is 16.8. The van der Waals surface area contributed by atoms with Crippen LogP contribution in [0.25, 0.3) is 0 Å². The molecule has 0 aliphatic rings. The molecule has 0 amide bonds. The number of hydrogen-bond donors (Lipinski definition) is 1. The zero-order chi connectivity index (χ0) is 15.2. The molecule has 20 heavy (non-hydrogen) atoms. The fourth-order valence-corrected chi connectivity index (χ4v) is 2.18. The minimum Gasteiger partial charge on any atom is -0.495 e. The largest absolute Gasteiger partial charge is 0.495 e. The lowest BCUT2D eigenvalue weighted by Crippen LogP contribution is -2.52. The molecule has 5 nitrogen and oxygen atoms in total. The summed E-state index contributed by atoms with van der Waals surface area (Å²) in [7, 11) is 6.94. The first-order valence-electron chi connectivity index (χ1n) is 6.65. The maximum atomic E-state index is 6.00. The summed E-state index contributed by atoms with van der Waals surface area (Å²) in [4.78, 5) is 2.12. The molecule has 0 radical (unpaired) electrons. The second-order valence-corrected chi connectivity index (χ2v) is 5.04. The molecule has 1 aromatic carbocycles. The Morgan fingerprint density at radius 2 is 1.80 bits per heavy atom. The first-order chi connectivity index (χ1) is 9.52. The topological polar surface area (TPSA) is 57.0 Å². The highest BCUT2D eigenvalue weighted by molar-refractivity contribution is 5.59. The molecular formula is C15H26N2O3. The van der Waals surface area contributed by atoms with Gasteiger partial charge in [0.15, 0.2) is 6.29 Å². The van der Waals surface area contributed by atoms with Gasteiger partial charge >= 0.3 is 0 Å². The lowest BCUT2D eigenvalue weighted by molar-refractivity contribution is -0.115. The molecule has 0 heterocycles. The van der Waals surface area contributed by atoms with E-state index in [2.05, 4.69) is 11.8 Å². The summed E-state index contributed by atoms with van der Waals surface area (Å²) < 4.78 is 16.0. The Morgan fingerprint density at radius 3 is 2.30 bits per heavy atom. The minimum atomic E-state index is -0.300. The lowest BCUT2D eigenvalue weighted by Gasteiger charge is -2.41. The number of nitrogens with two attached hydrogens (primary N) is 1. The van der Waals surface area contributed by atoms with E-state index in [0.717, 1.165) is 11.4 Å². The van der Waals surface area contributed by atoms with Crippen molar-refractivity contribution in [3.8, 4) is 5.75 Å². The van der Waals surface area contributed by atoms with Crippen LogP contribution in [0, 0.1) is 0 Å². The first-order valence-corrected chi connectivity index (χ1v) is 6.65. The van der Waals surface area contributed by atoms with E-state index in [-0.39, 0.29) is 11.8 Å². The van der Waals surface area contributed by atoms with Crippen LogP contribution in [-0.4, -0.2) is 46.8 Å². The van der Waals surface area contributed by atoms with Gasteiger partial charge in [0.1, 0.15) is 5.75 Å². The third-order valence-electron chi connectivity index (χ3n) is 3.83. The summed E-state index contributed by atoms with van der Waals surface area (Å²) in [5.41, 5.74) is 6.70. The van der Waals surface area contributed by atoms with Gasteiger partial charge < -0.3 is 24.8 Å². The normalized spacial score (nSPS) is 14.2. The van der Waals surface area contributed by atoms with Gasteiger partial charge in [-0.1, -0.05) is 12.1 Å². The van der Waals surface area contributed by atoms with Crippen LogP contribution in [0.15, 0.2) is 24.3 Å². The molecule has 1 unspecified atom stereocenters. The minimum absolute atomic E-state index is 0.291. The molecule has 0 saturated heterocycles. The molecule has 1 aromatic rings. The summed E-state index contributed by atoms with van der Waals surface area (Å²) in [6, 6.07) is 7.88. The van der Waals surface area contributed by atoms with Crippen molar-refractivity contribution in [2.24, 2.45) is 5.73 Å². The number of hydrogen-bond acceptors (Lipinski definition) is 5. The average molecular weight is 282 g/mol. The van der Waals surface area contributed by atoms with Crippen LogP contribution in [0.1, 0.15) is 13.3 Å². The van der Waals surface area contributed by atoms with E-state index in [1.54, 1.807) is 21.3 Å². The third-order valence-corrected chi connectivity index (χ3v) is 3.83. The Bertz CT molecular complexity index is 410. The van der Waals surface area contributed by atoms with Gasteiger partial charge in [0.25, 0.3) is 0 Å². The summed E-state index contributed by atoms with van der Waals surface area (Å²) >= 11 is 0. The van der Waals surface area contributed by atoms with E-state index in [4.69, 9.17) is 19.9 Å². The van der Waals surface area contributed by atoms with E-state index in [0.29, 0.717) is 13.0 Å². The Balaban J connectivity index is 3.03. The molecule has 0 bridgehead atoms. The smallest absolute Gasteiger partial charge is 0.159 e. The Morgan fingerprint density at radius 1 is 1.20 bits per heavy atom. The highest BCUT2D eigenvalue weighted by atomic mass is 16.7. The van der Waals surface area contributed by atoms with Crippen molar-refractivity contribution in [1.82, 2.24) is 0 Å². The number of para-hydroxylation sites is 2. The number of nitrogens with zero attached hydrogens (tertiary/aromatic N) is 1. The molecule has 114 valence electrons. The van der Waals surface area contributed by atoms with E-state index >= 15 is 0 Å². The summed E-state index contributed by atoms with van der Waals surface area (Å²) in [5.74, 6) is 0.820. The third kappa shape index (κ3) is 3.62. The monoisotopic (exact) mass is 282 g/mol. The molecule has 0 fully saturated rings. The maximum absolute atomic E-state index is 6.00. The second kappa shape index (κ2) is 7.47. The molecule has 2 N–H and O–H groups in total. The highest BCUT2D eigenvalue weighted by Crippen LogP contribution is 2.33. The van der Waals surface area contributed by atoms with E-state index in [1.807, 2.05) is 31.3 Å². The van der Waals surface area contributed by atoms with Crippen molar-refractivity contribution >= 4 is 5.69 Å². The molecule has 0 saturated carbocycles. The fourth-order valence-electron chi connectivity index (χ4n) is 2.18. The number of likely N-dealkylation sites (N-methyl/N-ethyl adjacent to an activating group) is 1. The molecule has 0 aliphatic carbocycles. The van der Waals surface area contributed by atoms with Gasteiger partial charge in [-0.15, -0.1) is 0 Å². The van der Waals surface area contributed by atoms with Gasteiger partial charge in [-0.2, -0.15) is 0 Å². The Hall–Kier alpha value is -1.30. The Labute approximate surface area is 121 Å². The zero-order valence-electron chi connectivity index (χ0n) is 13.1. The van der Waals surface area contributed by atoms with Crippen molar-refractivity contribution in [2.75, 3.05) is 39.8 Å². The molecule has 0 spiro atoms. The number of anilines is 1. The van der Waals surface area contributed by atoms with Crippen molar-refractivity contribution in [2.45, 2.75) is 25.2 Å². The van der Waals surface area contributed by atoms with E-state index < -0.39 is 0 Å². The molecule has 1 rings (SSSR count). The summed E-state index contributed by atoms with van der Waals surface area (Å²) in [6.07, 6.45) is 0.367. The van der Waals surface area contributed by atoms with Crippen LogP contribution < -0.4 is 15.4 Å². The number of ether oxygens (including phenoxy) is 3. The van der Waals surface area contributed by atoms with Crippen molar-refractivity contribution < 1.29 is 14.2 Å². The predicted octanol–water partition coefficient (Wildman–Crippen LogP) is 1.86.